The molecule has 1 heterocycles. The van der Waals surface area contributed by atoms with Crippen molar-refractivity contribution in [3.63, 3.8) is 0 Å². The monoisotopic (exact) mass is 237 g/mol. The van der Waals surface area contributed by atoms with E-state index in [1.54, 1.807) is 12.1 Å². The van der Waals surface area contributed by atoms with Crippen LogP contribution < -0.4 is 5.73 Å². The van der Waals surface area contributed by atoms with E-state index in [0.717, 1.165) is 12.2 Å². The first-order valence-corrected chi connectivity index (χ1v) is 4.91. The van der Waals surface area contributed by atoms with Crippen LogP contribution in [-0.4, -0.2) is 19.4 Å². The van der Waals surface area contributed by atoms with Gasteiger partial charge in [0.15, 0.2) is 0 Å². The average molecular weight is 237 g/mol. The molecule has 0 aliphatic carbocycles. The molecule has 0 fully saturated rings. The molecule has 0 spiro atoms. The third kappa shape index (κ3) is 4.24. The summed E-state index contributed by atoms with van der Waals surface area (Å²) < 4.78 is 45.1. The molecule has 16 heavy (non-hydrogen) atoms. The summed E-state index contributed by atoms with van der Waals surface area (Å²) in [5.74, 6) is 1.19. The van der Waals surface area contributed by atoms with Gasteiger partial charge in [-0.2, -0.15) is 13.2 Å². The molecule has 1 unspecified atom stereocenters. The van der Waals surface area contributed by atoms with Crippen LogP contribution in [-0.2, 0) is 11.2 Å². The summed E-state index contributed by atoms with van der Waals surface area (Å²) in [6.07, 6.45) is -3.60. The molecule has 0 aliphatic heterocycles. The van der Waals surface area contributed by atoms with Crippen molar-refractivity contribution in [3.8, 4) is 0 Å². The Morgan fingerprint density at radius 1 is 1.44 bits per heavy atom. The first kappa shape index (κ1) is 13.1. The maximum Gasteiger partial charge on any atom is 0.411 e. The Morgan fingerprint density at radius 2 is 2.12 bits per heavy atom. The molecule has 0 aromatic carbocycles. The normalized spacial score (nSPS) is 14.1. The van der Waals surface area contributed by atoms with Gasteiger partial charge in [-0.1, -0.05) is 6.92 Å². The fraction of sp³-hybridized carbons (Fsp3) is 0.600. The highest BCUT2D eigenvalue weighted by Gasteiger charge is 2.28. The zero-order valence-electron chi connectivity index (χ0n) is 8.88. The summed E-state index contributed by atoms with van der Waals surface area (Å²) in [7, 11) is 0. The summed E-state index contributed by atoms with van der Waals surface area (Å²) in [5.41, 5.74) is 5.61. The van der Waals surface area contributed by atoms with Crippen LogP contribution in [0.3, 0.4) is 0 Å². The van der Waals surface area contributed by atoms with E-state index in [1.165, 1.54) is 0 Å². The molecular weight excluding hydrogens is 223 g/mol. The Morgan fingerprint density at radius 3 is 2.62 bits per heavy atom. The van der Waals surface area contributed by atoms with Crippen molar-refractivity contribution in [2.75, 3.05) is 13.2 Å². The van der Waals surface area contributed by atoms with Crippen molar-refractivity contribution in [1.29, 1.82) is 0 Å². The summed E-state index contributed by atoms with van der Waals surface area (Å²) in [5, 5.41) is 0. The Kier molecular flexibility index (Phi) is 4.37. The number of hydrogen-bond donors (Lipinski definition) is 1. The van der Waals surface area contributed by atoms with Gasteiger partial charge in [0, 0.05) is 6.42 Å². The van der Waals surface area contributed by atoms with Gasteiger partial charge < -0.3 is 14.9 Å². The number of nitrogens with two attached hydrogens (primary N) is 1. The molecule has 0 saturated heterocycles. The van der Waals surface area contributed by atoms with E-state index >= 15 is 0 Å². The largest absolute Gasteiger partial charge is 0.464 e. The summed E-state index contributed by atoms with van der Waals surface area (Å²) >= 11 is 0. The molecule has 0 radical (unpaired) electrons. The lowest BCUT2D eigenvalue weighted by Crippen LogP contribution is -2.22. The zero-order valence-corrected chi connectivity index (χ0v) is 8.88. The van der Waals surface area contributed by atoms with E-state index in [-0.39, 0.29) is 6.61 Å². The SMILES string of the molecule is CCc1ccc(C(N)COCC(F)(F)F)o1. The van der Waals surface area contributed by atoms with Crippen molar-refractivity contribution in [3.05, 3.63) is 23.7 Å². The number of alkyl halides is 3. The van der Waals surface area contributed by atoms with E-state index in [2.05, 4.69) is 4.74 Å². The minimum absolute atomic E-state index is 0.212. The van der Waals surface area contributed by atoms with Crippen LogP contribution in [0, 0.1) is 0 Å². The fourth-order valence-electron chi connectivity index (χ4n) is 1.17. The quantitative estimate of drug-likeness (QED) is 0.855. The number of ether oxygens (including phenoxy) is 1. The molecule has 0 saturated carbocycles. The highest BCUT2D eigenvalue weighted by Crippen LogP contribution is 2.18. The summed E-state index contributed by atoms with van der Waals surface area (Å²) in [6.45, 7) is 0.409. The molecule has 3 nitrogen and oxygen atoms in total. The van der Waals surface area contributed by atoms with E-state index in [0.29, 0.717) is 5.76 Å². The number of aryl methyl sites for hydroxylation is 1. The van der Waals surface area contributed by atoms with Crippen LogP contribution in [0.4, 0.5) is 13.2 Å². The fourth-order valence-corrected chi connectivity index (χ4v) is 1.17. The van der Waals surface area contributed by atoms with Gasteiger partial charge in [-0.15, -0.1) is 0 Å². The highest BCUT2D eigenvalue weighted by atomic mass is 19.4. The van der Waals surface area contributed by atoms with Crippen molar-refractivity contribution in [2.24, 2.45) is 5.73 Å². The summed E-state index contributed by atoms with van der Waals surface area (Å²) in [6, 6.07) is 2.74. The molecule has 1 rings (SSSR count). The standard InChI is InChI=1S/C10H14F3NO2/c1-2-7-3-4-9(16-7)8(14)5-15-6-10(11,12)13/h3-4,8H,2,5-6,14H2,1H3. The predicted molar refractivity (Wildman–Crippen MR) is 51.9 cm³/mol. The lowest BCUT2D eigenvalue weighted by Gasteiger charge is -2.11. The maximum atomic E-state index is 11.8. The molecule has 2 N–H and O–H groups in total. The Labute approximate surface area is 91.4 Å². The van der Waals surface area contributed by atoms with Crippen LogP contribution >= 0.6 is 0 Å². The number of hydrogen-bond acceptors (Lipinski definition) is 3. The molecular formula is C10H14F3NO2. The first-order valence-electron chi connectivity index (χ1n) is 4.91. The molecule has 92 valence electrons. The molecule has 6 heteroatoms. The Bertz CT molecular complexity index is 322. The van der Waals surface area contributed by atoms with E-state index in [1.807, 2.05) is 6.92 Å². The van der Waals surface area contributed by atoms with Gasteiger partial charge >= 0.3 is 6.18 Å². The predicted octanol–water partition coefficient (Wildman–Crippen LogP) is 2.42. The van der Waals surface area contributed by atoms with Gasteiger partial charge in [0.05, 0.1) is 12.6 Å². The second kappa shape index (κ2) is 5.36. The van der Waals surface area contributed by atoms with Gasteiger partial charge in [0.25, 0.3) is 0 Å². The van der Waals surface area contributed by atoms with Gasteiger partial charge in [0.1, 0.15) is 18.1 Å². The highest BCUT2D eigenvalue weighted by molar-refractivity contribution is 5.10. The zero-order chi connectivity index (χ0) is 12.2. The van der Waals surface area contributed by atoms with Crippen LogP contribution in [0.5, 0.6) is 0 Å². The second-order valence-corrected chi connectivity index (χ2v) is 3.39. The van der Waals surface area contributed by atoms with E-state index < -0.39 is 18.8 Å². The lowest BCUT2D eigenvalue weighted by atomic mass is 10.2. The van der Waals surface area contributed by atoms with Crippen LogP contribution in [0.15, 0.2) is 16.5 Å². The number of furan rings is 1. The molecule has 0 bridgehead atoms. The Hall–Kier alpha value is -1.01. The van der Waals surface area contributed by atoms with Gasteiger partial charge in [-0.25, -0.2) is 0 Å². The second-order valence-electron chi connectivity index (χ2n) is 3.39. The molecule has 0 amide bonds. The third-order valence-electron chi connectivity index (χ3n) is 1.96. The minimum Gasteiger partial charge on any atom is -0.464 e. The van der Waals surface area contributed by atoms with Crippen LogP contribution in [0.25, 0.3) is 0 Å². The minimum atomic E-state index is -4.32. The van der Waals surface area contributed by atoms with Crippen molar-refractivity contribution < 1.29 is 22.3 Å². The smallest absolute Gasteiger partial charge is 0.411 e. The van der Waals surface area contributed by atoms with Gasteiger partial charge in [0.2, 0.25) is 0 Å². The third-order valence-corrected chi connectivity index (χ3v) is 1.96. The first-order chi connectivity index (χ1) is 7.42. The molecule has 1 aromatic heterocycles. The molecule has 1 aromatic rings. The van der Waals surface area contributed by atoms with Crippen LogP contribution in [0.2, 0.25) is 0 Å². The topological polar surface area (TPSA) is 48.4 Å². The van der Waals surface area contributed by atoms with Crippen molar-refractivity contribution in [1.82, 2.24) is 0 Å². The van der Waals surface area contributed by atoms with Crippen molar-refractivity contribution >= 4 is 0 Å². The summed E-state index contributed by atoms with van der Waals surface area (Å²) in [4.78, 5) is 0. The number of halogens is 3. The van der Waals surface area contributed by atoms with E-state index in [4.69, 9.17) is 10.2 Å². The van der Waals surface area contributed by atoms with Gasteiger partial charge in [-0.05, 0) is 12.1 Å². The molecule has 1 atom stereocenters. The van der Waals surface area contributed by atoms with Gasteiger partial charge in [-0.3, -0.25) is 0 Å². The molecule has 0 aliphatic rings. The maximum absolute atomic E-state index is 11.8. The Balaban J connectivity index is 2.37. The number of rotatable bonds is 5. The van der Waals surface area contributed by atoms with Crippen molar-refractivity contribution in [2.45, 2.75) is 25.6 Å². The average Bonchev–Trinajstić information content (AvgIpc) is 2.63. The van der Waals surface area contributed by atoms with E-state index in [9.17, 15) is 13.2 Å². The van der Waals surface area contributed by atoms with Crippen LogP contribution in [0.1, 0.15) is 24.5 Å². The lowest BCUT2D eigenvalue weighted by molar-refractivity contribution is -0.175.